The van der Waals surface area contributed by atoms with E-state index in [1.807, 2.05) is 0 Å². The van der Waals surface area contributed by atoms with Crippen molar-refractivity contribution < 1.29 is 13.2 Å². The van der Waals surface area contributed by atoms with Crippen molar-refractivity contribution >= 4 is 16.3 Å². The lowest BCUT2D eigenvalue weighted by Crippen LogP contribution is -1.90. The fraction of sp³-hybridized carbons (Fsp3) is 0. The highest BCUT2D eigenvalue weighted by atomic mass is 32.1. The van der Waals surface area contributed by atoms with Crippen LogP contribution in [0.1, 0.15) is 0 Å². The van der Waals surface area contributed by atoms with Gasteiger partial charge in [-0.05, 0) is 30.3 Å². The zero-order valence-corrected chi connectivity index (χ0v) is 11.1. The highest BCUT2D eigenvalue weighted by Gasteiger charge is 2.16. The number of hydrogen-bond acceptors (Lipinski definition) is 5. The zero-order chi connectivity index (χ0) is 14.4. The summed E-state index contributed by atoms with van der Waals surface area (Å²) >= 11 is 1.23. The van der Waals surface area contributed by atoms with E-state index in [0.717, 1.165) is 12.1 Å². The lowest BCUT2D eigenvalue weighted by atomic mass is 10.2. The summed E-state index contributed by atoms with van der Waals surface area (Å²) in [7, 11) is 0. The minimum Gasteiger partial charge on any atom is -0.461 e. The van der Waals surface area contributed by atoms with Crippen LogP contribution < -0.4 is 0 Å². The fourth-order valence-electron chi connectivity index (χ4n) is 1.92. The van der Waals surface area contributed by atoms with Crippen LogP contribution >= 0.6 is 11.3 Å². The first-order valence-electron chi connectivity index (χ1n) is 5.94. The van der Waals surface area contributed by atoms with Gasteiger partial charge in [0, 0.05) is 5.56 Å². The Bertz CT molecular complexity index is 929. The molecule has 0 aliphatic rings. The highest BCUT2D eigenvalue weighted by molar-refractivity contribution is 7.19. The predicted octanol–water partition coefficient (Wildman–Crippen LogP) is 3.39. The first kappa shape index (κ1) is 12.2. The van der Waals surface area contributed by atoms with Crippen molar-refractivity contribution in [2.24, 2.45) is 0 Å². The summed E-state index contributed by atoms with van der Waals surface area (Å²) in [4.78, 5) is 0.543. The largest absolute Gasteiger partial charge is 0.461 e. The average molecular weight is 304 g/mol. The van der Waals surface area contributed by atoms with Gasteiger partial charge in [-0.3, -0.25) is 0 Å². The molecular formula is C13H6F2N4OS. The summed E-state index contributed by atoms with van der Waals surface area (Å²) in [6.45, 7) is 0. The Balaban J connectivity index is 1.86. The molecule has 3 heterocycles. The quantitative estimate of drug-likeness (QED) is 0.569. The minimum atomic E-state index is -0.912. The molecule has 0 N–H and O–H groups in total. The Morgan fingerprint density at radius 2 is 2.00 bits per heavy atom. The van der Waals surface area contributed by atoms with Gasteiger partial charge in [0.25, 0.3) is 0 Å². The maximum absolute atomic E-state index is 13.3. The molecule has 3 aromatic heterocycles. The topological polar surface area (TPSA) is 56.2 Å². The van der Waals surface area contributed by atoms with Gasteiger partial charge in [0.1, 0.15) is 5.01 Å². The smallest absolute Gasteiger partial charge is 0.235 e. The van der Waals surface area contributed by atoms with Crippen LogP contribution in [0.4, 0.5) is 8.78 Å². The van der Waals surface area contributed by atoms with Gasteiger partial charge >= 0.3 is 0 Å². The molecule has 0 fully saturated rings. The van der Waals surface area contributed by atoms with E-state index in [1.54, 1.807) is 12.1 Å². The average Bonchev–Trinajstić information content (AvgIpc) is 3.16. The van der Waals surface area contributed by atoms with Crippen LogP contribution in [0.25, 0.3) is 27.1 Å². The molecule has 0 bridgehead atoms. The Morgan fingerprint density at radius 3 is 2.76 bits per heavy atom. The second-order valence-electron chi connectivity index (χ2n) is 4.23. The molecule has 8 heteroatoms. The molecule has 4 aromatic rings. The molecule has 0 aliphatic heterocycles. The Morgan fingerprint density at radius 1 is 1.10 bits per heavy atom. The second kappa shape index (κ2) is 4.45. The van der Waals surface area contributed by atoms with Crippen molar-refractivity contribution in [3.63, 3.8) is 0 Å². The Hall–Kier alpha value is -2.61. The van der Waals surface area contributed by atoms with E-state index >= 15 is 0 Å². The van der Waals surface area contributed by atoms with Gasteiger partial charge in [0.05, 0.1) is 6.26 Å². The van der Waals surface area contributed by atoms with Gasteiger partial charge in [-0.25, -0.2) is 8.78 Å². The lowest BCUT2D eigenvalue weighted by Gasteiger charge is -1.96. The molecular weight excluding hydrogens is 298 g/mol. The lowest BCUT2D eigenvalue weighted by molar-refractivity contribution is 0.509. The minimum absolute atomic E-state index is 0.458. The van der Waals surface area contributed by atoms with E-state index in [0.29, 0.717) is 27.1 Å². The molecule has 0 spiro atoms. The SMILES string of the molecule is Fc1ccc(-c2nn3c(-c4ccco4)nnc3s2)cc1F. The number of furan rings is 1. The molecule has 5 nitrogen and oxygen atoms in total. The second-order valence-corrected chi connectivity index (χ2v) is 5.19. The van der Waals surface area contributed by atoms with Gasteiger partial charge in [-0.15, -0.1) is 10.2 Å². The van der Waals surface area contributed by atoms with E-state index in [2.05, 4.69) is 15.3 Å². The third-order valence-electron chi connectivity index (χ3n) is 2.90. The van der Waals surface area contributed by atoms with Gasteiger partial charge in [-0.1, -0.05) is 11.3 Å². The van der Waals surface area contributed by atoms with Crippen molar-refractivity contribution in [2.45, 2.75) is 0 Å². The van der Waals surface area contributed by atoms with E-state index in [4.69, 9.17) is 4.42 Å². The number of hydrogen-bond donors (Lipinski definition) is 0. The summed E-state index contributed by atoms with van der Waals surface area (Å²) < 4.78 is 33.1. The first-order valence-corrected chi connectivity index (χ1v) is 6.75. The highest BCUT2D eigenvalue weighted by Crippen LogP contribution is 2.28. The number of fused-ring (bicyclic) bond motifs is 1. The van der Waals surface area contributed by atoms with E-state index < -0.39 is 11.6 Å². The molecule has 4 rings (SSSR count). The molecule has 0 amide bonds. The molecule has 0 radical (unpaired) electrons. The van der Waals surface area contributed by atoms with E-state index in [9.17, 15) is 8.78 Å². The number of nitrogens with zero attached hydrogens (tertiary/aromatic N) is 4. The molecule has 21 heavy (non-hydrogen) atoms. The van der Waals surface area contributed by atoms with Gasteiger partial charge in [-0.2, -0.15) is 9.61 Å². The van der Waals surface area contributed by atoms with Crippen molar-refractivity contribution in [2.75, 3.05) is 0 Å². The number of halogens is 2. The Labute approximate surface area is 120 Å². The zero-order valence-electron chi connectivity index (χ0n) is 10.3. The van der Waals surface area contributed by atoms with Crippen molar-refractivity contribution in [3.05, 3.63) is 48.2 Å². The van der Waals surface area contributed by atoms with Gasteiger partial charge < -0.3 is 4.42 Å². The third-order valence-corrected chi connectivity index (χ3v) is 3.85. The summed E-state index contributed by atoms with van der Waals surface area (Å²) in [5, 5.41) is 12.8. The fourth-order valence-corrected chi connectivity index (χ4v) is 2.76. The predicted molar refractivity (Wildman–Crippen MR) is 71.7 cm³/mol. The van der Waals surface area contributed by atoms with Crippen LogP contribution in [-0.4, -0.2) is 19.8 Å². The van der Waals surface area contributed by atoms with Crippen LogP contribution in [-0.2, 0) is 0 Å². The Kier molecular flexibility index (Phi) is 2.58. The number of benzene rings is 1. The van der Waals surface area contributed by atoms with Crippen LogP contribution in [0.2, 0.25) is 0 Å². The molecule has 0 unspecified atom stereocenters. The van der Waals surface area contributed by atoms with Crippen molar-refractivity contribution in [3.8, 4) is 22.2 Å². The van der Waals surface area contributed by atoms with Crippen molar-refractivity contribution in [1.29, 1.82) is 0 Å². The maximum Gasteiger partial charge on any atom is 0.235 e. The summed E-state index contributed by atoms with van der Waals surface area (Å²) in [6, 6.07) is 7.12. The first-order chi connectivity index (χ1) is 10.2. The third kappa shape index (κ3) is 1.91. The number of aromatic nitrogens is 4. The molecule has 0 aliphatic carbocycles. The summed E-state index contributed by atoms with van der Waals surface area (Å²) in [6.07, 6.45) is 1.53. The van der Waals surface area contributed by atoms with Crippen LogP contribution in [0.5, 0.6) is 0 Å². The van der Waals surface area contributed by atoms with Crippen molar-refractivity contribution in [1.82, 2.24) is 19.8 Å². The van der Waals surface area contributed by atoms with E-state index in [-0.39, 0.29) is 0 Å². The normalized spacial score (nSPS) is 11.3. The molecule has 0 saturated heterocycles. The molecule has 0 atom stereocenters. The summed E-state index contributed by atoms with van der Waals surface area (Å²) in [5.41, 5.74) is 0.481. The standard InChI is InChI=1S/C13H6F2N4OS/c14-8-4-3-7(6-9(8)15)12-18-19-11(10-2-1-5-20-10)16-17-13(19)21-12/h1-6H. The molecule has 104 valence electrons. The molecule has 1 aromatic carbocycles. The molecule has 0 saturated carbocycles. The van der Waals surface area contributed by atoms with Crippen LogP contribution in [0.15, 0.2) is 41.0 Å². The van der Waals surface area contributed by atoms with Crippen LogP contribution in [0, 0.1) is 11.6 Å². The van der Waals surface area contributed by atoms with Crippen LogP contribution in [0.3, 0.4) is 0 Å². The van der Waals surface area contributed by atoms with E-state index in [1.165, 1.54) is 28.2 Å². The number of rotatable bonds is 2. The van der Waals surface area contributed by atoms with Gasteiger partial charge in [0.2, 0.25) is 10.8 Å². The van der Waals surface area contributed by atoms with Gasteiger partial charge in [0.15, 0.2) is 17.4 Å². The maximum atomic E-state index is 13.3. The summed E-state index contributed by atoms with van der Waals surface area (Å²) in [5.74, 6) is -0.813. The monoisotopic (exact) mass is 304 g/mol.